The fraction of sp³-hybridized carbons (Fsp3) is 0.238. The van der Waals surface area contributed by atoms with E-state index in [1.54, 1.807) is 23.5 Å². The minimum absolute atomic E-state index is 0.00567. The van der Waals surface area contributed by atoms with E-state index in [1.807, 2.05) is 40.6 Å². The van der Waals surface area contributed by atoms with Gasteiger partial charge in [-0.1, -0.05) is 6.07 Å². The number of amides is 3. The highest BCUT2D eigenvalue weighted by atomic mass is 32.1. The standard InChI is InChI=1S/C21H21N3O5S/c25-20(23-21(26)22-12-16-3-1-7-27-16)14-24(13-17-4-2-10-30-17)15-5-6-18-19(11-15)29-9-8-28-18/h1-7,10-11H,8-9,12-14H2,(H2,22,23,25,26). The number of carbonyl (C=O) groups excluding carboxylic acids is 2. The zero-order valence-electron chi connectivity index (χ0n) is 16.1. The summed E-state index contributed by atoms with van der Waals surface area (Å²) in [5, 5.41) is 6.94. The Morgan fingerprint density at radius 1 is 1.07 bits per heavy atom. The van der Waals surface area contributed by atoms with Crippen molar-refractivity contribution >= 4 is 29.0 Å². The summed E-state index contributed by atoms with van der Waals surface area (Å²) >= 11 is 1.60. The molecule has 0 saturated carbocycles. The van der Waals surface area contributed by atoms with Crippen LogP contribution < -0.4 is 25.0 Å². The van der Waals surface area contributed by atoms with Crippen molar-refractivity contribution in [2.24, 2.45) is 0 Å². The van der Waals surface area contributed by atoms with Gasteiger partial charge in [0.15, 0.2) is 11.5 Å². The van der Waals surface area contributed by atoms with Crippen LogP contribution in [-0.4, -0.2) is 31.7 Å². The molecular formula is C21H21N3O5S. The summed E-state index contributed by atoms with van der Waals surface area (Å²) in [6, 6.07) is 12.4. The lowest BCUT2D eigenvalue weighted by atomic mass is 10.2. The molecule has 0 saturated heterocycles. The SMILES string of the molecule is O=C(CN(Cc1cccs1)c1ccc2c(c1)OCCO2)NC(=O)NCc1ccco1. The molecule has 0 unspecified atom stereocenters. The summed E-state index contributed by atoms with van der Waals surface area (Å²) in [6.45, 7) is 1.73. The van der Waals surface area contributed by atoms with Gasteiger partial charge in [-0.15, -0.1) is 11.3 Å². The van der Waals surface area contributed by atoms with Crippen molar-refractivity contribution in [3.8, 4) is 11.5 Å². The van der Waals surface area contributed by atoms with Crippen LogP contribution in [0.15, 0.2) is 58.5 Å². The van der Waals surface area contributed by atoms with Gasteiger partial charge in [-0.3, -0.25) is 10.1 Å². The van der Waals surface area contributed by atoms with Crippen LogP contribution >= 0.6 is 11.3 Å². The minimum atomic E-state index is -0.574. The number of imide groups is 1. The summed E-state index contributed by atoms with van der Waals surface area (Å²) in [7, 11) is 0. The zero-order chi connectivity index (χ0) is 20.8. The fourth-order valence-electron chi connectivity index (χ4n) is 3.02. The Labute approximate surface area is 177 Å². The second-order valence-electron chi connectivity index (χ2n) is 6.57. The molecule has 8 nitrogen and oxygen atoms in total. The minimum Gasteiger partial charge on any atom is -0.486 e. The first-order chi connectivity index (χ1) is 14.7. The topological polar surface area (TPSA) is 93.0 Å². The quantitative estimate of drug-likeness (QED) is 0.602. The van der Waals surface area contributed by atoms with E-state index in [-0.39, 0.29) is 13.1 Å². The molecule has 0 atom stereocenters. The Balaban J connectivity index is 1.42. The number of hydrogen-bond acceptors (Lipinski definition) is 7. The number of nitrogens with one attached hydrogen (secondary N) is 2. The highest BCUT2D eigenvalue weighted by Crippen LogP contribution is 2.34. The van der Waals surface area contributed by atoms with E-state index in [0.29, 0.717) is 37.0 Å². The van der Waals surface area contributed by atoms with Crippen LogP contribution in [0.25, 0.3) is 0 Å². The van der Waals surface area contributed by atoms with Crippen molar-refractivity contribution in [1.82, 2.24) is 10.6 Å². The molecule has 1 aliphatic rings. The molecule has 156 valence electrons. The van der Waals surface area contributed by atoms with Gasteiger partial charge >= 0.3 is 6.03 Å². The molecule has 0 bridgehead atoms. The smallest absolute Gasteiger partial charge is 0.321 e. The molecule has 2 N–H and O–H groups in total. The van der Waals surface area contributed by atoms with Crippen LogP contribution in [0.2, 0.25) is 0 Å². The van der Waals surface area contributed by atoms with Crippen LogP contribution in [0.1, 0.15) is 10.6 Å². The number of ether oxygens (including phenoxy) is 2. The molecule has 0 aliphatic carbocycles. The highest BCUT2D eigenvalue weighted by Gasteiger charge is 2.18. The summed E-state index contributed by atoms with van der Waals surface area (Å²) in [5.41, 5.74) is 0.804. The van der Waals surface area contributed by atoms with Crippen molar-refractivity contribution in [2.75, 3.05) is 24.7 Å². The molecule has 4 rings (SSSR count). The number of urea groups is 1. The van der Waals surface area contributed by atoms with Gasteiger partial charge in [0.05, 0.1) is 25.9 Å². The number of benzene rings is 1. The molecule has 2 aromatic heterocycles. The predicted octanol–water partition coefficient (Wildman–Crippen LogP) is 3.14. The average Bonchev–Trinajstić information content (AvgIpc) is 3.45. The zero-order valence-corrected chi connectivity index (χ0v) is 16.9. The van der Waals surface area contributed by atoms with E-state index < -0.39 is 11.9 Å². The van der Waals surface area contributed by atoms with Crippen molar-refractivity contribution < 1.29 is 23.5 Å². The molecule has 1 aliphatic heterocycles. The van der Waals surface area contributed by atoms with Crippen LogP contribution in [-0.2, 0) is 17.9 Å². The summed E-state index contributed by atoms with van der Waals surface area (Å²) in [6.07, 6.45) is 1.52. The number of carbonyl (C=O) groups is 2. The van der Waals surface area contributed by atoms with E-state index in [0.717, 1.165) is 10.6 Å². The Morgan fingerprint density at radius 3 is 2.70 bits per heavy atom. The van der Waals surface area contributed by atoms with Crippen LogP contribution in [0.4, 0.5) is 10.5 Å². The average molecular weight is 427 g/mol. The van der Waals surface area contributed by atoms with E-state index in [2.05, 4.69) is 10.6 Å². The first-order valence-electron chi connectivity index (χ1n) is 9.44. The lowest BCUT2D eigenvalue weighted by Crippen LogP contribution is -2.44. The Hall–Kier alpha value is -3.46. The van der Waals surface area contributed by atoms with Gasteiger partial charge in [0.1, 0.15) is 19.0 Å². The van der Waals surface area contributed by atoms with Gasteiger partial charge < -0.3 is 24.1 Å². The van der Waals surface area contributed by atoms with Crippen molar-refractivity contribution in [3.63, 3.8) is 0 Å². The van der Waals surface area contributed by atoms with Crippen molar-refractivity contribution in [1.29, 1.82) is 0 Å². The number of fused-ring (bicyclic) bond motifs is 1. The molecular weight excluding hydrogens is 406 g/mol. The summed E-state index contributed by atoms with van der Waals surface area (Å²) in [5.74, 6) is 1.51. The molecule has 3 aromatic rings. The monoisotopic (exact) mass is 427 g/mol. The molecule has 0 radical (unpaired) electrons. The van der Waals surface area contributed by atoms with Crippen molar-refractivity contribution in [3.05, 3.63) is 64.7 Å². The maximum Gasteiger partial charge on any atom is 0.321 e. The van der Waals surface area contributed by atoms with Gasteiger partial charge in [0.2, 0.25) is 5.91 Å². The van der Waals surface area contributed by atoms with Gasteiger partial charge in [-0.2, -0.15) is 0 Å². The third-order valence-electron chi connectivity index (χ3n) is 4.41. The normalized spacial score (nSPS) is 12.3. The Kier molecular flexibility index (Phi) is 6.19. The molecule has 30 heavy (non-hydrogen) atoms. The molecule has 0 fully saturated rings. The van der Waals surface area contributed by atoms with E-state index >= 15 is 0 Å². The largest absolute Gasteiger partial charge is 0.486 e. The number of anilines is 1. The Morgan fingerprint density at radius 2 is 1.93 bits per heavy atom. The molecule has 0 spiro atoms. The molecule has 9 heteroatoms. The highest BCUT2D eigenvalue weighted by molar-refractivity contribution is 7.09. The number of thiophene rings is 1. The van der Waals surface area contributed by atoms with E-state index in [1.165, 1.54) is 6.26 Å². The third kappa shape index (κ3) is 5.12. The first-order valence-corrected chi connectivity index (χ1v) is 10.3. The molecule has 3 heterocycles. The number of nitrogens with zero attached hydrogens (tertiary/aromatic N) is 1. The number of rotatable bonds is 7. The van der Waals surface area contributed by atoms with Crippen LogP contribution in [0.5, 0.6) is 11.5 Å². The van der Waals surface area contributed by atoms with Gasteiger partial charge in [-0.05, 0) is 35.7 Å². The lowest BCUT2D eigenvalue weighted by Gasteiger charge is -2.26. The van der Waals surface area contributed by atoms with Gasteiger partial charge in [0.25, 0.3) is 0 Å². The van der Waals surface area contributed by atoms with Crippen LogP contribution in [0, 0.1) is 0 Å². The van der Waals surface area contributed by atoms with Crippen molar-refractivity contribution in [2.45, 2.75) is 13.1 Å². The maximum atomic E-state index is 12.5. The predicted molar refractivity (Wildman–Crippen MR) is 112 cm³/mol. The second-order valence-corrected chi connectivity index (χ2v) is 7.61. The maximum absolute atomic E-state index is 12.5. The first kappa shape index (κ1) is 19.8. The van der Waals surface area contributed by atoms with Gasteiger partial charge in [-0.25, -0.2) is 4.79 Å². The Bertz CT molecular complexity index is 988. The van der Waals surface area contributed by atoms with Crippen LogP contribution in [0.3, 0.4) is 0 Å². The third-order valence-corrected chi connectivity index (χ3v) is 5.27. The van der Waals surface area contributed by atoms with E-state index in [4.69, 9.17) is 13.9 Å². The fourth-order valence-corrected chi connectivity index (χ4v) is 3.74. The van der Waals surface area contributed by atoms with E-state index in [9.17, 15) is 9.59 Å². The molecule has 3 amide bonds. The lowest BCUT2D eigenvalue weighted by molar-refractivity contribution is -0.118. The molecule has 1 aromatic carbocycles. The second kappa shape index (κ2) is 9.36. The number of hydrogen-bond donors (Lipinski definition) is 2. The number of furan rings is 1. The summed E-state index contributed by atoms with van der Waals surface area (Å²) < 4.78 is 16.4. The summed E-state index contributed by atoms with van der Waals surface area (Å²) in [4.78, 5) is 27.5. The van der Waals surface area contributed by atoms with Gasteiger partial charge in [0, 0.05) is 16.6 Å².